The Morgan fingerprint density at radius 1 is 1.10 bits per heavy atom. The fraction of sp³-hybridized carbons (Fsp3) is 0.480. The van der Waals surface area contributed by atoms with Gasteiger partial charge in [-0.2, -0.15) is 11.8 Å². The Hall–Kier alpha value is -1.98. The Morgan fingerprint density at radius 3 is 2.03 bits per heavy atom. The number of carbonyl (C=O) groups is 1. The number of phenols is 1. The molecule has 0 bridgehead atoms. The van der Waals surface area contributed by atoms with Crippen LogP contribution in [0.2, 0.25) is 0 Å². The van der Waals surface area contributed by atoms with Gasteiger partial charge in [0.15, 0.2) is 5.78 Å². The van der Waals surface area contributed by atoms with Crippen molar-refractivity contribution in [3.8, 4) is 11.5 Å². The van der Waals surface area contributed by atoms with Crippen molar-refractivity contribution in [2.75, 3.05) is 18.6 Å². The zero-order valence-electron chi connectivity index (χ0n) is 19.3. The van der Waals surface area contributed by atoms with Crippen molar-refractivity contribution in [2.24, 2.45) is 0 Å². The third kappa shape index (κ3) is 7.69. The first-order valence-electron chi connectivity index (χ1n) is 10.3. The largest absolute Gasteiger partial charge is 0.507 e. The minimum Gasteiger partial charge on any atom is -0.507 e. The summed E-state index contributed by atoms with van der Waals surface area (Å²) >= 11 is 1.50. The number of Topliss-reactive ketones (excluding diaryl/α,β-unsaturated/α-hetero) is 1. The number of thioether (sulfide) groups is 1. The fourth-order valence-corrected chi connectivity index (χ4v) is 3.22. The van der Waals surface area contributed by atoms with Gasteiger partial charge in [0.1, 0.15) is 18.1 Å². The molecule has 0 saturated carbocycles. The highest BCUT2D eigenvalue weighted by Gasteiger charge is 2.24. The van der Waals surface area contributed by atoms with E-state index in [-0.39, 0.29) is 23.9 Å². The summed E-state index contributed by atoms with van der Waals surface area (Å²) in [5.74, 6) is 1.63. The molecule has 4 nitrogen and oxygen atoms in total. The number of aryl methyl sites for hydroxylation is 2. The van der Waals surface area contributed by atoms with Gasteiger partial charge in [0, 0.05) is 5.41 Å². The first-order chi connectivity index (χ1) is 14.0. The summed E-state index contributed by atoms with van der Waals surface area (Å²) < 4.78 is 5.55. The van der Waals surface area contributed by atoms with Crippen LogP contribution in [0.15, 0.2) is 36.4 Å². The molecule has 1 unspecified atom stereocenters. The van der Waals surface area contributed by atoms with Crippen LogP contribution in [0.25, 0.3) is 0 Å². The van der Waals surface area contributed by atoms with Crippen LogP contribution in [0.1, 0.15) is 56.4 Å². The predicted molar refractivity (Wildman–Crippen MR) is 127 cm³/mol. The summed E-state index contributed by atoms with van der Waals surface area (Å²) in [6.45, 7) is 12.0. The van der Waals surface area contributed by atoms with Crippen molar-refractivity contribution in [3.63, 3.8) is 0 Å². The molecular weight excluding hydrogens is 396 g/mol. The summed E-state index contributed by atoms with van der Waals surface area (Å²) in [6.07, 6.45) is 2.65. The maximum Gasteiger partial charge on any atom is 0.180 e. The molecule has 2 aromatic carbocycles. The molecule has 0 heterocycles. The molecule has 1 atom stereocenters. The summed E-state index contributed by atoms with van der Waals surface area (Å²) in [5.41, 5.74) is 3.88. The van der Waals surface area contributed by atoms with Gasteiger partial charge in [-0.3, -0.25) is 4.79 Å². The number of hydrogen-bond donors (Lipinski definition) is 2. The van der Waals surface area contributed by atoms with Crippen LogP contribution in [-0.4, -0.2) is 40.7 Å². The Kier molecular flexibility index (Phi) is 10.4. The predicted octanol–water partition coefficient (Wildman–Crippen LogP) is 5.42. The van der Waals surface area contributed by atoms with E-state index in [2.05, 4.69) is 13.8 Å². The van der Waals surface area contributed by atoms with Gasteiger partial charge in [-0.1, -0.05) is 45.0 Å². The summed E-state index contributed by atoms with van der Waals surface area (Å²) in [5, 5.41) is 18.4. The number of aromatic hydroxyl groups is 1. The van der Waals surface area contributed by atoms with Crippen LogP contribution in [0.5, 0.6) is 11.5 Å². The maximum atomic E-state index is 11.6. The molecule has 0 saturated heterocycles. The summed E-state index contributed by atoms with van der Waals surface area (Å²) in [4.78, 5) is 11.6. The van der Waals surface area contributed by atoms with Gasteiger partial charge in [0.25, 0.3) is 0 Å². The third-order valence-corrected chi connectivity index (χ3v) is 5.70. The van der Waals surface area contributed by atoms with E-state index in [0.717, 1.165) is 28.7 Å². The van der Waals surface area contributed by atoms with Crippen LogP contribution in [0.4, 0.5) is 0 Å². The van der Waals surface area contributed by atoms with Gasteiger partial charge in [-0.25, -0.2) is 0 Å². The second-order valence-electron chi connectivity index (χ2n) is 8.13. The summed E-state index contributed by atoms with van der Waals surface area (Å²) in [7, 11) is 0. The van der Waals surface area contributed by atoms with E-state index in [9.17, 15) is 9.90 Å². The van der Waals surface area contributed by atoms with E-state index in [1.54, 1.807) is 6.92 Å². The molecule has 0 aliphatic rings. The number of carbonyl (C=O) groups excluding carboxylic acids is 1. The van der Waals surface area contributed by atoms with Gasteiger partial charge >= 0.3 is 0 Å². The number of rotatable bonds is 8. The Balaban J connectivity index is 0.000000804. The SMILES string of the molecule is CCC(C)O.CSCC(=O)COc1ccc(C(C)(C)c2cc(C)c(O)c(C)c2)cc1. The number of aliphatic hydroxyl groups is 1. The van der Waals surface area contributed by atoms with Gasteiger partial charge < -0.3 is 14.9 Å². The zero-order valence-corrected chi connectivity index (χ0v) is 20.1. The number of benzene rings is 2. The second kappa shape index (κ2) is 12.0. The second-order valence-corrected chi connectivity index (χ2v) is 8.99. The molecule has 0 aliphatic carbocycles. The van der Waals surface area contributed by atoms with E-state index >= 15 is 0 Å². The van der Waals surface area contributed by atoms with Crippen LogP contribution in [0, 0.1) is 13.8 Å². The van der Waals surface area contributed by atoms with E-state index < -0.39 is 0 Å². The lowest BCUT2D eigenvalue weighted by molar-refractivity contribution is -0.118. The molecule has 0 aromatic heterocycles. The molecule has 2 N–H and O–H groups in total. The van der Waals surface area contributed by atoms with Crippen molar-refractivity contribution < 1.29 is 19.7 Å². The molecule has 30 heavy (non-hydrogen) atoms. The molecule has 0 spiro atoms. The highest BCUT2D eigenvalue weighted by Crippen LogP contribution is 2.35. The van der Waals surface area contributed by atoms with Crippen molar-refractivity contribution in [1.82, 2.24) is 0 Å². The van der Waals surface area contributed by atoms with Gasteiger partial charge in [-0.15, -0.1) is 0 Å². The minimum atomic E-state index is -0.198. The van der Waals surface area contributed by atoms with Gasteiger partial charge in [-0.05, 0) is 67.8 Å². The number of phenolic OH excluding ortho intramolecular Hbond substituents is 1. The molecule has 0 fully saturated rings. The highest BCUT2D eigenvalue weighted by atomic mass is 32.2. The van der Waals surface area contributed by atoms with E-state index in [1.807, 2.05) is 63.4 Å². The molecule has 5 heteroatoms. The lowest BCUT2D eigenvalue weighted by atomic mass is 9.77. The first-order valence-corrected chi connectivity index (χ1v) is 11.6. The third-order valence-electron chi connectivity index (χ3n) is 5.08. The van der Waals surface area contributed by atoms with Crippen LogP contribution >= 0.6 is 11.8 Å². The Labute approximate surface area is 185 Å². The summed E-state index contributed by atoms with van der Waals surface area (Å²) in [6, 6.07) is 12.0. The fourth-order valence-electron chi connectivity index (χ4n) is 2.82. The van der Waals surface area contributed by atoms with Crippen molar-refractivity contribution in [2.45, 2.75) is 59.5 Å². The molecule has 2 rings (SSSR count). The first kappa shape index (κ1) is 26.1. The Bertz CT molecular complexity index is 787. The van der Waals surface area contributed by atoms with Gasteiger partial charge in [0.2, 0.25) is 0 Å². The van der Waals surface area contributed by atoms with Crippen LogP contribution in [-0.2, 0) is 10.2 Å². The van der Waals surface area contributed by atoms with Crippen molar-refractivity contribution >= 4 is 17.5 Å². The Morgan fingerprint density at radius 2 is 1.60 bits per heavy atom. The number of aliphatic hydroxyl groups excluding tert-OH is 1. The monoisotopic (exact) mass is 432 g/mol. The molecule has 0 aliphatic heterocycles. The van der Waals surface area contributed by atoms with Crippen LogP contribution in [0.3, 0.4) is 0 Å². The molecule has 0 radical (unpaired) electrons. The van der Waals surface area contributed by atoms with Crippen molar-refractivity contribution in [3.05, 3.63) is 58.7 Å². The normalized spacial score (nSPS) is 12.0. The minimum absolute atomic E-state index is 0.0898. The smallest absolute Gasteiger partial charge is 0.180 e. The standard InChI is InChI=1S/C21H26O3S.C4H10O/c1-14-10-17(11-15(2)20(14)23)21(3,4)16-6-8-19(9-7-16)24-12-18(22)13-25-5;1-3-4(2)5/h6-11,23H,12-13H2,1-5H3;4-5H,3H2,1-2H3. The lowest BCUT2D eigenvalue weighted by Crippen LogP contribution is -2.19. The molecule has 0 amide bonds. The number of ether oxygens (including phenoxy) is 1. The average molecular weight is 433 g/mol. The zero-order chi connectivity index (χ0) is 22.9. The molecule has 166 valence electrons. The highest BCUT2D eigenvalue weighted by molar-refractivity contribution is 7.99. The molecule has 2 aromatic rings. The quantitative estimate of drug-likeness (QED) is 0.583. The number of ketones is 1. The van der Waals surface area contributed by atoms with E-state index in [1.165, 1.54) is 11.8 Å². The maximum absolute atomic E-state index is 11.6. The van der Waals surface area contributed by atoms with E-state index in [4.69, 9.17) is 9.84 Å². The van der Waals surface area contributed by atoms with Crippen molar-refractivity contribution in [1.29, 1.82) is 0 Å². The average Bonchev–Trinajstić information content (AvgIpc) is 2.71. The van der Waals surface area contributed by atoms with Gasteiger partial charge in [0.05, 0.1) is 11.9 Å². The van der Waals surface area contributed by atoms with Crippen LogP contribution < -0.4 is 4.74 Å². The van der Waals surface area contributed by atoms with E-state index in [0.29, 0.717) is 17.3 Å². The lowest BCUT2D eigenvalue weighted by Gasteiger charge is -2.27. The topological polar surface area (TPSA) is 66.8 Å². The number of hydrogen-bond acceptors (Lipinski definition) is 5. The molecular formula is C25H36O4S.